The molecule has 1 aliphatic rings. The molecule has 0 aliphatic carbocycles. The number of carbonyl (C=O) groups excluding carboxylic acids is 1. The minimum Gasteiger partial charge on any atom is -0.465 e. The molecule has 0 unspecified atom stereocenters. The summed E-state index contributed by atoms with van der Waals surface area (Å²) in [4.78, 5) is 23.7. The minimum absolute atomic E-state index is 0.195. The summed E-state index contributed by atoms with van der Waals surface area (Å²) in [5, 5.41) is 9.05. The zero-order chi connectivity index (χ0) is 12.4. The highest BCUT2D eigenvalue weighted by atomic mass is 16.4. The van der Waals surface area contributed by atoms with E-state index < -0.39 is 6.09 Å². The van der Waals surface area contributed by atoms with Crippen molar-refractivity contribution in [3.63, 3.8) is 0 Å². The number of nitrogens with zero attached hydrogens (tertiary/aromatic N) is 1. The fraction of sp³-hybridized carbons (Fsp3) is 0.385. The predicted molar refractivity (Wildman–Crippen MR) is 62.6 cm³/mol. The van der Waals surface area contributed by atoms with E-state index in [1.807, 2.05) is 30.3 Å². The molecule has 1 saturated heterocycles. The fourth-order valence-electron chi connectivity index (χ4n) is 2.34. The van der Waals surface area contributed by atoms with Gasteiger partial charge < -0.3 is 5.11 Å². The molecule has 2 amide bonds. The summed E-state index contributed by atoms with van der Waals surface area (Å²) in [7, 11) is 0. The maximum atomic E-state index is 11.7. The number of imide groups is 1. The zero-order valence-corrected chi connectivity index (χ0v) is 9.67. The smallest absolute Gasteiger partial charge is 0.414 e. The Labute approximate surface area is 99.9 Å². The molecular formula is C13H15NO3. The van der Waals surface area contributed by atoms with Crippen LogP contribution in [-0.2, 0) is 11.2 Å². The summed E-state index contributed by atoms with van der Waals surface area (Å²) >= 11 is 0. The summed E-state index contributed by atoms with van der Waals surface area (Å²) in [5.74, 6) is -0.474. The molecule has 2 rings (SSSR count). The van der Waals surface area contributed by atoms with Crippen molar-refractivity contribution in [1.82, 2.24) is 4.90 Å². The lowest BCUT2D eigenvalue weighted by Gasteiger charge is -2.19. The van der Waals surface area contributed by atoms with Gasteiger partial charge in [-0.05, 0) is 18.4 Å². The number of amides is 2. The quantitative estimate of drug-likeness (QED) is 0.851. The van der Waals surface area contributed by atoms with E-state index in [0.29, 0.717) is 12.8 Å². The third-order valence-electron chi connectivity index (χ3n) is 3.17. The van der Waals surface area contributed by atoms with Crippen molar-refractivity contribution in [2.24, 2.45) is 5.92 Å². The number of hydrogen-bond donors (Lipinski definition) is 1. The van der Waals surface area contributed by atoms with Crippen LogP contribution in [0.5, 0.6) is 0 Å². The van der Waals surface area contributed by atoms with Gasteiger partial charge in [0.15, 0.2) is 0 Å². The van der Waals surface area contributed by atoms with Gasteiger partial charge in [0.25, 0.3) is 0 Å². The van der Waals surface area contributed by atoms with E-state index in [1.165, 1.54) is 0 Å². The minimum atomic E-state index is -1.14. The Morgan fingerprint density at radius 2 is 2.06 bits per heavy atom. The summed E-state index contributed by atoms with van der Waals surface area (Å²) < 4.78 is 0. The van der Waals surface area contributed by atoms with Gasteiger partial charge in [0, 0.05) is 12.0 Å². The Hall–Kier alpha value is -1.84. The molecule has 0 saturated carbocycles. The third kappa shape index (κ3) is 2.30. The second-order valence-corrected chi connectivity index (χ2v) is 4.47. The number of rotatable bonds is 2. The van der Waals surface area contributed by atoms with Crippen molar-refractivity contribution in [1.29, 1.82) is 0 Å². The van der Waals surface area contributed by atoms with Crippen LogP contribution in [0, 0.1) is 5.92 Å². The van der Waals surface area contributed by atoms with Crippen LogP contribution in [0.1, 0.15) is 18.9 Å². The first-order valence-corrected chi connectivity index (χ1v) is 5.69. The monoisotopic (exact) mass is 233 g/mol. The first-order chi connectivity index (χ1) is 8.09. The van der Waals surface area contributed by atoms with Gasteiger partial charge in [-0.1, -0.05) is 37.3 Å². The molecule has 1 aliphatic heterocycles. The lowest BCUT2D eigenvalue weighted by molar-refractivity contribution is -0.129. The zero-order valence-electron chi connectivity index (χ0n) is 9.67. The standard InChI is InChI=1S/C13H15NO3/c1-9-7-11(14(12(9)15)13(16)17)8-10-5-3-2-4-6-10/h2-6,9,11H,7-8H2,1H3,(H,16,17)/t9-,11+/m0/s1. The van der Waals surface area contributed by atoms with Crippen molar-refractivity contribution in [2.45, 2.75) is 25.8 Å². The van der Waals surface area contributed by atoms with Crippen LogP contribution in [0.4, 0.5) is 4.79 Å². The van der Waals surface area contributed by atoms with Crippen molar-refractivity contribution in [3.05, 3.63) is 35.9 Å². The molecule has 1 aromatic rings. The number of likely N-dealkylation sites (tertiary alicyclic amines) is 1. The third-order valence-corrected chi connectivity index (χ3v) is 3.17. The first-order valence-electron chi connectivity index (χ1n) is 5.69. The van der Waals surface area contributed by atoms with Crippen molar-refractivity contribution >= 4 is 12.0 Å². The van der Waals surface area contributed by atoms with Crippen molar-refractivity contribution in [3.8, 4) is 0 Å². The van der Waals surface area contributed by atoms with E-state index >= 15 is 0 Å². The summed E-state index contributed by atoms with van der Waals surface area (Å²) in [6.07, 6.45) is 0.0729. The van der Waals surface area contributed by atoms with Gasteiger partial charge in [0.2, 0.25) is 5.91 Å². The molecule has 1 fully saturated rings. The van der Waals surface area contributed by atoms with Gasteiger partial charge in [-0.3, -0.25) is 4.79 Å². The topological polar surface area (TPSA) is 57.6 Å². The highest BCUT2D eigenvalue weighted by molar-refractivity contribution is 5.94. The largest absolute Gasteiger partial charge is 0.465 e. The molecule has 1 aromatic carbocycles. The molecule has 2 atom stereocenters. The highest BCUT2D eigenvalue weighted by Gasteiger charge is 2.40. The van der Waals surface area contributed by atoms with Gasteiger partial charge in [-0.25, -0.2) is 9.69 Å². The van der Waals surface area contributed by atoms with E-state index in [9.17, 15) is 9.59 Å². The summed E-state index contributed by atoms with van der Waals surface area (Å²) in [6.45, 7) is 1.78. The number of carbonyl (C=O) groups is 2. The second kappa shape index (κ2) is 4.57. The molecule has 0 bridgehead atoms. The van der Waals surface area contributed by atoms with Gasteiger partial charge >= 0.3 is 6.09 Å². The van der Waals surface area contributed by atoms with Gasteiger partial charge in [-0.2, -0.15) is 0 Å². The predicted octanol–water partition coefficient (Wildman–Crippen LogP) is 2.14. The Morgan fingerprint density at radius 3 is 2.65 bits per heavy atom. The maximum Gasteiger partial charge on any atom is 0.414 e. The van der Waals surface area contributed by atoms with Gasteiger partial charge in [0.1, 0.15) is 0 Å². The van der Waals surface area contributed by atoms with E-state index in [-0.39, 0.29) is 17.9 Å². The molecule has 0 aromatic heterocycles. The van der Waals surface area contributed by atoms with E-state index in [2.05, 4.69) is 0 Å². The van der Waals surface area contributed by atoms with E-state index in [1.54, 1.807) is 6.92 Å². The number of carboxylic acid groups (broad SMARTS) is 1. The first kappa shape index (κ1) is 11.6. The molecule has 0 spiro atoms. The summed E-state index contributed by atoms with van der Waals surface area (Å²) in [6, 6.07) is 9.43. The van der Waals surface area contributed by atoms with E-state index in [4.69, 9.17) is 5.11 Å². The number of benzene rings is 1. The molecule has 90 valence electrons. The van der Waals surface area contributed by atoms with Crippen LogP contribution in [0.15, 0.2) is 30.3 Å². The van der Waals surface area contributed by atoms with Crippen molar-refractivity contribution < 1.29 is 14.7 Å². The van der Waals surface area contributed by atoms with Gasteiger partial charge in [0.05, 0.1) is 0 Å². The average molecular weight is 233 g/mol. The molecule has 4 heteroatoms. The highest BCUT2D eigenvalue weighted by Crippen LogP contribution is 2.26. The maximum absolute atomic E-state index is 11.7. The van der Waals surface area contributed by atoms with Crippen LogP contribution < -0.4 is 0 Å². The molecule has 4 nitrogen and oxygen atoms in total. The lowest BCUT2D eigenvalue weighted by Crippen LogP contribution is -2.39. The fourth-order valence-corrected chi connectivity index (χ4v) is 2.34. The van der Waals surface area contributed by atoms with Crippen LogP contribution in [-0.4, -0.2) is 28.0 Å². The Morgan fingerprint density at radius 1 is 1.41 bits per heavy atom. The number of hydrogen-bond acceptors (Lipinski definition) is 2. The van der Waals surface area contributed by atoms with Crippen LogP contribution >= 0.6 is 0 Å². The summed E-state index contributed by atoms with van der Waals surface area (Å²) in [5.41, 5.74) is 1.06. The molecule has 1 N–H and O–H groups in total. The van der Waals surface area contributed by atoms with Crippen molar-refractivity contribution in [2.75, 3.05) is 0 Å². The normalized spacial score (nSPS) is 24.1. The average Bonchev–Trinajstić information content (AvgIpc) is 2.56. The Bertz CT molecular complexity index is 430. The van der Waals surface area contributed by atoms with E-state index in [0.717, 1.165) is 10.5 Å². The molecular weight excluding hydrogens is 218 g/mol. The molecule has 1 heterocycles. The second-order valence-electron chi connectivity index (χ2n) is 4.47. The Balaban J connectivity index is 2.15. The van der Waals surface area contributed by atoms with Crippen LogP contribution in [0.2, 0.25) is 0 Å². The van der Waals surface area contributed by atoms with Gasteiger partial charge in [-0.15, -0.1) is 0 Å². The molecule has 0 radical (unpaired) electrons. The SMILES string of the molecule is C[C@H]1C[C@H](Cc2ccccc2)N(C(=O)O)C1=O. The van der Waals surface area contributed by atoms with Crippen LogP contribution in [0.3, 0.4) is 0 Å². The Kier molecular flexibility index (Phi) is 3.13. The lowest BCUT2D eigenvalue weighted by atomic mass is 10.0. The molecule has 17 heavy (non-hydrogen) atoms. The van der Waals surface area contributed by atoms with Crippen LogP contribution in [0.25, 0.3) is 0 Å².